The van der Waals surface area contributed by atoms with Gasteiger partial charge < -0.3 is 20.1 Å². The van der Waals surface area contributed by atoms with E-state index in [0.717, 1.165) is 10.9 Å². The quantitative estimate of drug-likeness (QED) is 0.808. The molecule has 1 atom stereocenters. The summed E-state index contributed by atoms with van der Waals surface area (Å²) in [5, 5.41) is 10.3. The first kappa shape index (κ1) is 12.4. The maximum Gasteiger partial charge on any atom is 0.328 e. The van der Waals surface area contributed by atoms with Gasteiger partial charge in [-0.3, -0.25) is 0 Å². The van der Waals surface area contributed by atoms with Crippen LogP contribution in [0.25, 0.3) is 10.9 Å². The number of aromatic nitrogens is 1. The molecule has 5 nitrogen and oxygen atoms in total. The monoisotopic (exact) mass is 248 g/mol. The van der Waals surface area contributed by atoms with E-state index < -0.39 is 12.0 Å². The number of phenolic OH excluding ortho intramolecular Hbond substituents is 1. The summed E-state index contributed by atoms with van der Waals surface area (Å²) in [6.07, 6.45) is 0. The second-order valence-corrected chi connectivity index (χ2v) is 4.06. The number of nitrogens with two attached hydrogens (primary N) is 1. The third-order valence-electron chi connectivity index (χ3n) is 3.01. The van der Waals surface area contributed by atoms with Crippen LogP contribution < -0.4 is 5.73 Å². The van der Waals surface area contributed by atoms with E-state index in [1.165, 1.54) is 7.11 Å². The fraction of sp³-hybridized carbons (Fsp3) is 0.308. The van der Waals surface area contributed by atoms with Crippen molar-refractivity contribution in [3.63, 3.8) is 0 Å². The second-order valence-electron chi connectivity index (χ2n) is 4.06. The van der Waals surface area contributed by atoms with Crippen LogP contribution in [0.3, 0.4) is 0 Å². The van der Waals surface area contributed by atoms with E-state index in [1.54, 1.807) is 18.2 Å². The van der Waals surface area contributed by atoms with Gasteiger partial charge in [-0.05, 0) is 31.2 Å². The minimum absolute atomic E-state index is 0.189. The zero-order valence-electron chi connectivity index (χ0n) is 10.4. The highest BCUT2D eigenvalue weighted by atomic mass is 16.5. The molecule has 18 heavy (non-hydrogen) atoms. The summed E-state index contributed by atoms with van der Waals surface area (Å²) >= 11 is 0. The van der Waals surface area contributed by atoms with Crippen LogP contribution >= 0.6 is 0 Å². The smallest absolute Gasteiger partial charge is 0.328 e. The van der Waals surface area contributed by atoms with Crippen LogP contribution in [0.15, 0.2) is 24.3 Å². The Balaban J connectivity index is 2.60. The van der Waals surface area contributed by atoms with Crippen LogP contribution in [0.4, 0.5) is 0 Å². The van der Waals surface area contributed by atoms with Crippen molar-refractivity contribution < 1.29 is 14.6 Å². The topological polar surface area (TPSA) is 77.5 Å². The predicted molar refractivity (Wildman–Crippen MR) is 68.2 cm³/mol. The lowest BCUT2D eigenvalue weighted by atomic mass is 10.2. The first-order chi connectivity index (χ1) is 8.58. The molecule has 0 saturated carbocycles. The third kappa shape index (κ3) is 1.93. The summed E-state index contributed by atoms with van der Waals surface area (Å²) in [5.41, 5.74) is 7.49. The SMILES string of the molecule is CCn1c(C(N)C(=O)OC)cc2cc(O)ccc21. The summed E-state index contributed by atoms with van der Waals surface area (Å²) in [7, 11) is 1.31. The number of benzene rings is 1. The molecule has 96 valence electrons. The summed E-state index contributed by atoms with van der Waals surface area (Å²) in [4.78, 5) is 11.5. The molecule has 0 bridgehead atoms. The average molecular weight is 248 g/mol. The second kappa shape index (κ2) is 4.70. The Labute approximate surface area is 105 Å². The van der Waals surface area contributed by atoms with Crippen molar-refractivity contribution in [1.82, 2.24) is 4.57 Å². The highest BCUT2D eigenvalue weighted by molar-refractivity contribution is 5.86. The highest BCUT2D eigenvalue weighted by Gasteiger charge is 2.21. The Bertz CT molecular complexity index is 589. The van der Waals surface area contributed by atoms with E-state index in [0.29, 0.717) is 12.2 Å². The van der Waals surface area contributed by atoms with Gasteiger partial charge in [0.2, 0.25) is 0 Å². The Hall–Kier alpha value is -2.01. The number of fused-ring (bicyclic) bond motifs is 1. The molecule has 2 aromatic rings. The average Bonchev–Trinajstić information content (AvgIpc) is 2.74. The molecule has 1 heterocycles. The van der Waals surface area contributed by atoms with E-state index in [4.69, 9.17) is 5.73 Å². The number of hydrogen-bond donors (Lipinski definition) is 2. The van der Waals surface area contributed by atoms with Gasteiger partial charge in [0.1, 0.15) is 11.8 Å². The number of aryl methyl sites for hydroxylation is 1. The standard InChI is InChI=1S/C13H16N2O3/c1-3-15-10-5-4-9(16)6-8(10)7-11(15)12(14)13(17)18-2/h4-7,12,16H,3,14H2,1-2H3. The number of methoxy groups -OCH3 is 1. The molecule has 0 aliphatic rings. The van der Waals surface area contributed by atoms with E-state index in [2.05, 4.69) is 4.74 Å². The number of aromatic hydroxyl groups is 1. The van der Waals surface area contributed by atoms with Crippen LogP contribution in [-0.2, 0) is 16.1 Å². The number of carbonyl (C=O) groups excluding carboxylic acids is 1. The van der Waals surface area contributed by atoms with Crippen molar-refractivity contribution in [2.45, 2.75) is 19.5 Å². The summed E-state index contributed by atoms with van der Waals surface area (Å²) < 4.78 is 6.60. The molecule has 5 heteroatoms. The molecule has 0 saturated heterocycles. The first-order valence-corrected chi connectivity index (χ1v) is 5.74. The van der Waals surface area contributed by atoms with Gasteiger partial charge in [0.05, 0.1) is 7.11 Å². The number of carbonyl (C=O) groups is 1. The van der Waals surface area contributed by atoms with Gasteiger partial charge in [0.25, 0.3) is 0 Å². The molecule has 0 fully saturated rings. The molecule has 0 spiro atoms. The fourth-order valence-electron chi connectivity index (χ4n) is 2.14. The molecule has 0 radical (unpaired) electrons. The molecule has 1 aromatic carbocycles. The largest absolute Gasteiger partial charge is 0.508 e. The number of phenols is 1. The van der Waals surface area contributed by atoms with E-state index in [9.17, 15) is 9.90 Å². The van der Waals surface area contributed by atoms with Crippen LogP contribution in [0, 0.1) is 0 Å². The molecular weight excluding hydrogens is 232 g/mol. The lowest BCUT2D eigenvalue weighted by molar-refractivity contribution is -0.142. The Morgan fingerprint density at radius 1 is 1.50 bits per heavy atom. The Morgan fingerprint density at radius 2 is 2.22 bits per heavy atom. The molecule has 2 rings (SSSR count). The van der Waals surface area contributed by atoms with Crippen LogP contribution in [0.1, 0.15) is 18.7 Å². The zero-order chi connectivity index (χ0) is 13.3. The fourth-order valence-corrected chi connectivity index (χ4v) is 2.14. The van der Waals surface area contributed by atoms with Gasteiger partial charge in [-0.15, -0.1) is 0 Å². The van der Waals surface area contributed by atoms with E-state index in [-0.39, 0.29) is 5.75 Å². The van der Waals surface area contributed by atoms with Gasteiger partial charge >= 0.3 is 5.97 Å². The van der Waals surface area contributed by atoms with Crippen molar-refractivity contribution in [3.05, 3.63) is 30.0 Å². The molecule has 1 aromatic heterocycles. The maximum atomic E-state index is 11.5. The lowest BCUT2D eigenvalue weighted by Crippen LogP contribution is -2.25. The molecule has 0 aliphatic heterocycles. The maximum absolute atomic E-state index is 11.5. The Kier molecular flexibility index (Phi) is 3.25. The van der Waals surface area contributed by atoms with Gasteiger partial charge in [-0.2, -0.15) is 0 Å². The highest BCUT2D eigenvalue weighted by Crippen LogP contribution is 2.27. The molecule has 0 aliphatic carbocycles. The summed E-state index contributed by atoms with van der Waals surface area (Å²) in [6, 6.07) is 6.06. The van der Waals surface area contributed by atoms with Crippen molar-refractivity contribution in [2.75, 3.05) is 7.11 Å². The van der Waals surface area contributed by atoms with Crippen molar-refractivity contribution in [1.29, 1.82) is 0 Å². The molecule has 1 unspecified atom stereocenters. The number of hydrogen-bond acceptors (Lipinski definition) is 4. The predicted octanol–water partition coefficient (Wildman–Crippen LogP) is 1.54. The van der Waals surface area contributed by atoms with Gasteiger partial charge in [-0.25, -0.2) is 4.79 Å². The van der Waals surface area contributed by atoms with E-state index >= 15 is 0 Å². The van der Waals surface area contributed by atoms with Gasteiger partial charge in [0, 0.05) is 23.1 Å². The van der Waals surface area contributed by atoms with Crippen LogP contribution in [-0.4, -0.2) is 22.8 Å². The number of ether oxygens (including phenoxy) is 1. The van der Waals surface area contributed by atoms with Crippen molar-refractivity contribution in [3.8, 4) is 5.75 Å². The Morgan fingerprint density at radius 3 is 2.83 bits per heavy atom. The third-order valence-corrected chi connectivity index (χ3v) is 3.01. The molecule has 0 amide bonds. The molecule has 3 N–H and O–H groups in total. The van der Waals surface area contributed by atoms with Crippen molar-refractivity contribution >= 4 is 16.9 Å². The normalized spacial score (nSPS) is 12.6. The summed E-state index contributed by atoms with van der Waals surface area (Å²) in [5.74, 6) is -0.286. The van der Waals surface area contributed by atoms with Crippen LogP contribution in [0.5, 0.6) is 5.75 Å². The summed E-state index contributed by atoms with van der Waals surface area (Å²) in [6.45, 7) is 2.66. The number of nitrogens with zero attached hydrogens (tertiary/aromatic N) is 1. The minimum Gasteiger partial charge on any atom is -0.508 e. The number of rotatable bonds is 3. The number of esters is 1. The first-order valence-electron chi connectivity index (χ1n) is 5.74. The minimum atomic E-state index is -0.815. The zero-order valence-corrected chi connectivity index (χ0v) is 10.4. The lowest BCUT2D eigenvalue weighted by Gasteiger charge is -2.12. The van der Waals surface area contributed by atoms with Gasteiger partial charge in [0.15, 0.2) is 0 Å². The van der Waals surface area contributed by atoms with Crippen molar-refractivity contribution in [2.24, 2.45) is 5.73 Å². The van der Waals surface area contributed by atoms with Gasteiger partial charge in [-0.1, -0.05) is 0 Å². The van der Waals surface area contributed by atoms with E-state index in [1.807, 2.05) is 17.6 Å². The molecular formula is C13H16N2O3. The van der Waals surface area contributed by atoms with Crippen LogP contribution in [0.2, 0.25) is 0 Å².